The van der Waals surface area contributed by atoms with Crippen LogP contribution in [0.15, 0.2) is 33.4 Å². The Bertz CT molecular complexity index is 1640. The van der Waals surface area contributed by atoms with E-state index in [9.17, 15) is 0 Å². The van der Waals surface area contributed by atoms with Crippen LogP contribution in [0.2, 0.25) is 0 Å². The molecule has 0 N–H and O–H groups in total. The Morgan fingerprint density at radius 3 is 1.51 bits per heavy atom. The van der Waals surface area contributed by atoms with Crippen molar-refractivity contribution in [2.24, 2.45) is 11.8 Å². The number of ketones is 2. The Hall–Kier alpha value is -1.38. The molecule has 4 aromatic rings. The van der Waals surface area contributed by atoms with E-state index < -0.39 is 0 Å². The van der Waals surface area contributed by atoms with Crippen LogP contribution < -0.4 is 0 Å². The molecular formula is C42H55BrO2S4. The summed E-state index contributed by atoms with van der Waals surface area (Å²) < 4.78 is 1.04. The summed E-state index contributed by atoms with van der Waals surface area (Å²) in [6, 6.07) is 8.31. The molecule has 0 radical (unpaired) electrons. The van der Waals surface area contributed by atoms with Crippen LogP contribution in [0.1, 0.15) is 172 Å². The van der Waals surface area contributed by atoms with Gasteiger partial charge in [0.2, 0.25) is 0 Å². The zero-order valence-electron chi connectivity index (χ0n) is 30.1. The highest BCUT2D eigenvalue weighted by Crippen LogP contribution is 2.51. The molecule has 0 aromatic carbocycles. The molecule has 0 bridgehead atoms. The van der Waals surface area contributed by atoms with Crippen LogP contribution in [0.3, 0.4) is 0 Å². The molecule has 2 unspecified atom stereocenters. The third kappa shape index (κ3) is 9.54. The van der Waals surface area contributed by atoms with E-state index in [2.05, 4.69) is 73.3 Å². The van der Waals surface area contributed by atoms with Gasteiger partial charge in [0.25, 0.3) is 0 Å². The van der Waals surface area contributed by atoms with Gasteiger partial charge in [0, 0.05) is 30.6 Å². The number of thiophene rings is 4. The second-order valence-electron chi connectivity index (χ2n) is 14.1. The van der Waals surface area contributed by atoms with Crippen LogP contribution in [-0.2, 0) is 12.8 Å². The molecule has 1 aliphatic rings. The summed E-state index contributed by atoms with van der Waals surface area (Å²) in [5.41, 5.74) is 2.84. The monoisotopic (exact) mass is 798 g/mol. The van der Waals surface area contributed by atoms with Crippen molar-refractivity contribution >= 4 is 72.8 Å². The average molecular weight is 800 g/mol. The van der Waals surface area contributed by atoms with Crippen molar-refractivity contribution in [1.29, 1.82) is 0 Å². The molecule has 0 aliphatic heterocycles. The molecule has 5 rings (SSSR count). The molecule has 0 saturated carbocycles. The quantitative estimate of drug-likeness (QED) is 0.0654. The summed E-state index contributed by atoms with van der Waals surface area (Å²) in [6.07, 6.45) is 21.6. The summed E-state index contributed by atoms with van der Waals surface area (Å²) in [7, 11) is 0. The topological polar surface area (TPSA) is 34.1 Å². The smallest absolute Gasteiger partial charge is 0.197 e. The summed E-state index contributed by atoms with van der Waals surface area (Å²) in [6.45, 7) is 9.12. The summed E-state index contributed by atoms with van der Waals surface area (Å²) >= 11 is 10.4. The highest BCUT2D eigenvalue weighted by molar-refractivity contribution is 9.11. The van der Waals surface area contributed by atoms with E-state index in [4.69, 9.17) is 0 Å². The normalized spacial score (nSPS) is 14.0. The maximum absolute atomic E-state index is 15.1. The molecule has 0 amide bonds. The van der Waals surface area contributed by atoms with Crippen molar-refractivity contribution in [2.75, 3.05) is 0 Å². The number of hydrogen-bond donors (Lipinski definition) is 0. The van der Waals surface area contributed by atoms with Crippen LogP contribution >= 0.6 is 61.3 Å². The van der Waals surface area contributed by atoms with Gasteiger partial charge in [-0.3, -0.25) is 9.59 Å². The fraction of sp³-hybridized carbons (Fsp3) is 0.571. The van der Waals surface area contributed by atoms with Crippen LogP contribution in [0.25, 0.3) is 19.5 Å². The number of halogens is 1. The number of carbonyl (C=O) groups excluding carboxylic acids is 2. The van der Waals surface area contributed by atoms with E-state index in [0.29, 0.717) is 23.0 Å². The largest absolute Gasteiger partial charge is 0.288 e. The highest BCUT2D eigenvalue weighted by atomic mass is 79.9. The Kier molecular flexibility index (Phi) is 15.4. The van der Waals surface area contributed by atoms with Crippen molar-refractivity contribution in [2.45, 2.75) is 143 Å². The molecule has 0 fully saturated rings. The van der Waals surface area contributed by atoms with Crippen molar-refractivity contribution in [1.82, 2.24) is 0 Å². The Morgan fingerprint density at radius 2 is 1.06 bits per heavy atom. The molecule has 4 heterocycles. The zero-order chi connectivity index (χ0) is 34.8. The minimum atomic E-state index is 0.0916. The molecule has 4 aromatic heterocycles. The lowest BCUT2D eigenvalue weighted by atomic mass is 9.80. The van der Waals surface area contributed by atoms with Crippen molar-refractivity contribution in [3.63, 3.8) is 0 Å². The first-order chi connectivity index (χ1) is 23.9. The first kappa shape index (κ1) is 38.8. The fourth-order valence-corrected chi connectivity index (χ4v) is 12.7. The molecule has 2 atom stereocenters. The molecule has 266 valence electrons. The SMILES string of the molecule is CCCCCCC(CCCC)Cc1sc(CC(CCCC)CCCCCC)c2c1C(=O)c1c(-c3cccs3)sc(-c3ccc(Br)s3)c1C2=O. The molecule has 0 spiro atoms. The van der Waals surface area contributed by atoms with Crippen molar-refractivity contribution in [3.05, 3.63) is 65.4 Å². The molecule has 2 nitrogen and oxygen atoms in total. The fourth-order valence-electron chi connectivity index (χ4n) is 7.53. The Morgan fingerprint density at radius 1 is 0.551 bits per heavy atom. The van der Waals surface area contributed by atoms with E-state index in [-0.39, 0.29) is 11.6 Å². The minimum absolute atomic E-state index is 0.0916. The maximum Gasteiger partial charge on any atom is 0.197 e. The molecule has 7 heteroatoms. The summed E-state index contributed by atoms with van der Waals surface area (Å²) in [5.74, 6) is 1.30. The second-order valence-corrected chi connectivity index (χ2v) is 19.7. The van der Waals surface area contributed by atoms with Gasteiger partial charge in [0.1, 0.15) is 0 Å². The van der Waals surface area contributed by atoms with Crippen LogP contribution in [-0.4, -0.2) is 11.6 Å². The van der Waals surface area contributed by atoms with Gasteiger partial charge in [-0.15, -0.1) is 45.3 Å². The zero-order valence-corrected chi connectivity index (χ0v) is 34.9. The van der Waals surface area contributed by atoms with E-state index >= 15 is 9.59 Å². The Labute approximate surface area is 320 Å². The lowest BCUT2D eigenvalue weighted by molar-refractivity contribution is 0.0980. The predicted molar refractivity (Wildman–Crippen MR) is 221 cm³/mol. The predicted octanol–water partition coefficient (Wildman–Crippen LogP) is 15.4. The van der Waals surface area contributed by atoms with Gasteiger partial charge in [-0.05, 0) is 64.2 Å². The number of rotatable bonds is 22. The molecule has 1 aliphatic carbocycles. The molecular weight excluding hydrogens is 745 g/mol. The summed E-state index contributed by atoms with van der Waals surface area (Å²) in [5, 5.41) is 2.07. The highest BCUT2D eigenvalue weighted by Gasteiger charge is 2.42. The van der Waals surface area contributed by atoms with E-state index in [1.165, 1.54) is 112 Å². The number of hydrogen-bond acceptors (Lipinski definition) is 6. The standard InChI is InChI=1S/C42H55BrO2S4/c1-5-9-13-15-20-28(18-11-7-3)26-32-35-36(33(47-32)27-29(19-12-8-4)21-16-14-10-6-2)40(45)38-37(39(35)44)41(30-22-17-25-46-30)49-42(38)31-23-24-34(43)48-31/h17,22-25,28-29H,5-16,18-21,26-27H2,1-4H3. The van der Waals surface area contributed by atoms with Gasteiger partial charge in [0.15, 0.2) is 11.6 Å². The molecule has 49 heavy (non-hydrogen) atoms. The number of fused-ring (bicyclic) bond motifs is 2. The lowest BCUT2D eigenvalue weighted by Crippen LogP contribution is -2.22. The minimum Gasteiger partial charge on any atom is -0.288 e. The average Bonchev–Trinajstić information content (AvgIpc) is 3.91. The third-order valence-electron chi connectivity index (χ3n) is 10.2. The third-order valence-corrected chi connectivity index (χ3v) is 15.5. The van der Waals surface area contributed by atoms with Gasteiger partial charge >= 0.3 is 0 Å². The maximum atomic E-state index is 15.1. The van der Waals surface area contributed by atoms with Crippen molar-refractivity contribution in [3.8, 4) is 19.5 Å². The first-order valence-corrected chi connectivity index (χ1v) is 23.2. The number of unbranched alkanes of at least 4 members (excludes halogenated alkanes) is 8. The van der Waals surface area contributed by atoms with Crippen LogP contribution in [0.4, 0.5) is 0 Å². The van der Waals surface area contributed by atoms with E-state index in [1.54, 1.807) is 34.0 Å². The van der Waals surface area contributed by atoms with Gasteiger partial charge in [-0.25, -0.2) is 0 Å². The Balaban J connectivity index is 1.61. The summed E-state index contributed by atoms with van der Waals surface area (Å²) in [4.78, 5) is 36.7. The van der Waals surface area contributed by atoms with Crippen molar-refractivity contribution < 1.29 is 9.59 Å². The van der Waals surface area contributed by atoms with E-state index in [0.717, 1.165) is 47.3 Å². The van der Waals surface area contributed by atoms with E-state index in [1.807, 2.05) is 11.3 Å². The van der Waals surface area contributed by atoms with Gasteiger partial charge in [-0.1, -0.05) is 136 Å². The lowest BCUT2D eigenvalue weighted by Gasteiger charge is -2.20. The van der Waals surface area contributed by atoms with Gasteiger partial charge < -0.3 is 0 Å². The van der Waals surface area contributed by atoms with Gasteiger partial charge in [-0.2, -0.15) is 0 Å². The molecule has 0 saturated heterocycles. The van der Waals surface area contributed by atoms with Crippen LogP contribution in [0.5, 0.6) is 0 Å². The first-order valence-electron chi connectivity index (χ1n) is 19.1. The second kappa shape index (κ2) is 19.5. The van der Waals surface area contributed by atoms with Gasteiger partial charge in [0.05, 0.1) is 24.7 Å². The number of carbonyl (C=O) groups is 2. The van der Waals surface area contributed by atoms with Crippen LogP contribution in [0, 0.1) is 11.8 Å².